The molecule has 0 aliphatic heterocycles. The molecular formula is C18H21FN2OS. The van der Waals surface area contributed by atoms with Crippen LogP contribution in [0.3, 0.4) is 0 Å². The van der Waals surface area contributed by atoms with Crippen LogP contribution < -0.4 is 5.32 Å². The Morgan fingerprint density at radius 2 is 2.04 bits per heavy atom. The molecule has 0 radical (unpaired) electrons. The summed E-state index contributed by atoms with van der Waals surface area (Å²) >= 11 is 1.42. The highest BCUT2D eigenvalue weighted by atomic mass is 32.1. The van der Waals surface area contributed by atoms with Gasteiger partial charge in [0.05, 0.1) is 5.69 Å². The third-order valence-electron chi connectivity index (χ3n) is 4.23. The fourth-order valence-corrected chi connectivity index (χ4v) is 3.85. The highest BCUT2D eigenvalue weighted by molar-refractivity contribution is 7.13. The minimum Gasteiger partial charge on any atom is -0.353 e. The number of amides is 1. The van der Waals surface area contributed by atoms with Crippen molar-refractivity contribution in [2.45, 2.75) is 51.0 Å². The van der Waals surface area contributed by atoms with E-state index in [2.05, 4.69) is 10.3 Å². The number of carbonyl (C=O) groups excluding carboxylic acids is 1. The van der Waals surface area contributed by atoms with Crippen LogP contribution in [0.5, 0.6) is 0 Å². The summed E-state index contributed by atoms with van der Waals surface area (Å²) in [6.07, 6.45) is 6.94. The molecule has 0 bridgehead atoms. The average molecular weight is 332 g/mol. The summed E-state index contributed by atoms with van der Waals surface area (Å²) in [4.78, 5) is 16.5. The summed E-state index contributed by atoms with van der Waals surface area (Å²) in [6.45, 7) is 0. The first kappa shape index (κ1) is 16.1. The van der Waals surface area contributed by atoms with Crippen LogP contribution in [0.4, 0.5) is 4.39 Å². The molecule has 0 atom stereocenters. The molecule has 5 heteroatoms. The van der Waals surface area contributed by atoms with E-state index in [4.69, 9.17) is 0 Å². The Bertz CT molecular complexity index is 665. The Balaban J connectivity index is 1.53. The summed E-state index contributed by atoms with van der Waals surface area (Å²) in [5.41, 5.74) is 1.38. The number of nitrogens with zero attached hydrogens (tertiary/aromatic N) is 1. The van der Waals surface area contributed by atoms with Gasteiger partial charge in [-0.2, -0.15) is 0 Å². The van der Waals surface area contributed by atoms with E-state index < -0.39 is 0 Å². The lowest BCUT2D eigenvalue weighted by Crippen LogP contribution is -2.36. The van der Waals surface area contributed by atoms with Crippen molar-refractivity contribution in [2.24, 2.45) is 0 Å². The Hall–Kier alpha value is -1.75. The number of carbonyl (C=O) groups is 1. The highest BCUT2D eigenvalue weighted by Crippen LogP contribution is 2.26. The molecule has 1 aliphatic carbocycles. The van der Waals surface area contributed by atoms with Crippen LogP contribution in [-0.2, 0) is 11.2 Å². The SMILES string of the molecule is O=C(CCc1csc(-c2ccccc2F)n1)NC1CCCCC1. The number of hydrogen-bond acceptors (Lipinski definition) is 3. The van der Waals surface area contributed by atoms with Gasteiger partial charge in [-0.25, -0.2) is 9.37 Å². The zero-order chi connectivity index (χ0) is 16.1. The maximum atomic E-state index is 13.8. The number of halogens is 1. The van der Waals surface area contributed by atoms with Crippen LogP contribution in [-0.4, -0.2) is 16.9 Å². The molecule has 1 aromatic heterocycles. The molecule has 0 saturated heterocycles. The van der Waals surface area contributed by atoms with E-state index in [-0.39, 0.29) is 11.7 Å². The highest BCUT2D eigenvalue weighted by Gasteiger charge is 2.16. The van der Waals surface area contributed by atoms with Crippen molar-refractivity contribution >= 4 is 17.2 Å². The summed E-state index contributed by atoms with van der Waals surface area (Å²) in [6, 6.07) is 6.99. The first-order valence-electron chi connectivity index (χ1n) is 8.21. The van der Waals surface area contributed by atoms with Gasteiger partial charge >= 0.3 is 0 Å². The minimum atomic E-state index is -0.261. The average Bonchev–Trinajstić information content (AvgIpc) is 3.03. The number of aromatic nitrogens is 1. The fourth-order valence-electron chi connectivity index (χ4n) is 2.97. The molecule has 3 rings (SSSR count). The van der Waals surface area contributed by atoms with Gasteiger partial charge in [0.25, 0.3) is 0 Å². The quantitative estimate of drug-likeness (QED) is 0.885. The first-order chi connectivity index (χ1) is 11.2. The van der Waals surface area contributed by atoms with Crippen LogP contribution in [0, 0.1) is 5.82 Å². The zero-order valence-corrected chi connectivity index (χ0v) is 13.9. The lowest BCUT2D eigenvalue weighted by atomic mass is 9.95. The van der Waals surface area contributed by atoms with Gasteiger partial charge in [-0.15, -0.1) is 11.3 Å². The molecular weight excluding hydrogens is 311 g/mol. The largest absolute Gasteiger partial charge is 0.353 e. The van der Waals surface area contributed by atoms with E-state index >= 15 is 0 Å². The van der Waals surface area contributed by atoms with E-state index in [1.54, 1.807) is 18.2 Å². The van der Waals surface area contributed by atoms with Crippen molar-refractivity contribution in [2.75, 3.05) is 0 Å². The molecule has 1 aromatic carbocycles. The van der Waals surface area contributed by atoms with Gasteiger partial charge in [-0.1, -0.05) is 31.4 Å². The number of nitrogens with one attached hydrogen (secondary N) is 1. The maximum Gasteiger partial charge on any atom is 0.220 e. The molecule has 23 heavy (non-hydrogen) atoms. The Kier molecular flexibility index (Phi) is 5.39. The molecule has 1 aliphatic rings. The molecule has 2 aromatic rings. The summed E-state index contributed by atoms with van der Waals surface area (Å²) < 4.78 is 13.8. The third kappa shape index (κ3) is 4.38. The first-order valence-corrected chi connectivity index (χ1v) is 9.09. The number of aryl methyl sites for hydroxylation is 1. The standard InChI is InChI=1S/C18H21FN2OS/c19-16-9-5-4-8-15(16)18-21-14(12-23-18)10-11-17(22)20-13-6-2-1-3-7-13/h4-5,8-9,12-13H,1-3,6-7,10-11H2,(H,20,22). The number of thiazole rings is 1. The predicted octanol–water partition coefficient (Wildman–Crippen LogP) is 4.33. The maximum absolute atomic E-state index is 13.8. The van der Waals surface area contributed by atoms with Crippen molar-refractivity contribution in [1.82, 2.24) is 10.3 Å². The minimum absolute atomic E-state index is 0.0948. The second-order valence-electron chi connectivity index (χ2n) is 6.03. The van der Waals surface area contributed by atoms with Gasteiger partial charge in [0, 0.05) is 23.4 Å². The number of rotatable bonds is 5. The van der Waals surface area contributed by atoms with Crippen LogP contribution in [0.1, 0.15) is 44.2 Å². The van der Waals surface area contributed by atoms with Crippen molar-refractivity contribution < 1.29 is 9.18 Å². The van der Waals surface area contributed by atoms with Crippen molar-refractivity contribution in [3.05, 3.63) is 41.2 Å². The molecule has 1 amide bonds. The van der Waals surface area contributed by atoms with Crippen molar-refractivity contribution in [3.8, 4) is 10.6 Å². The van der Waals surface area contributed by atoms with Gasteiger partial charge < -0.3 is 5.32 Å². The lowest BCUT2D eigenvalue weighted by molar-refractivity contribution is -0.122. The Labute approximate surface area is 140 Å². The molecule has 122 valence electrons. The van der Waals surface area contributed by atoms with E-state index in [0.29, 0.717) is 29.5 Å². The molecule has 0 unspecified atom stereocenters. The van der Waals surface area contributed by atoms with Crippen LogP contribution >= 0.6 is 11.3 Å². The van der Waals surface area contributed by atoms with Crippen molar-refractivity contribution in [3.63, 3.8) is 0 Å². The third-order valence-corrected chi connectivity index (χ3v) is 5.16. The second kappa shape index (κ2) is 7.68. The Morgan fingerprint density at radius 1 is 1.26 bits per heavy atom. The molecule has 1 saturated carbocycles. The smallest absolute Gasteiger partial charge is 0.220 e. The number of benzene rings is 1. The second-order valence-corrected chi connectivity index (χ2v) is 6.88. The molecule has 3 nitrogen and oxygen atoms in total. The Morgan fingerprint density at radius 3 is 2.83 bits per heavy atom. The normalized spacial score (nSPS) is 15.5. The van der Waals surface area contributed by atoms with Gasteiger partial charge in [-0.05, 0) is 31.4 Å². The van der Waals surface area contributed by atoms with E-state index in [1.807, 2.05) is 5.38 Å². The number of hydrogen-bond donors (Lipinski definition) is 1. The van der Waals surface area contributed by atoms with Gasteiger partial charge in [0.15, 0.2) is 0 Å². The van der Waals surface area contributed by atoms with Crippen LogP contribution in [0.2, 0.25) is 0 Å². The summed E-state index contributed by atoms with van der Waals surface area (Å²) in [5.74, 6) is -0.166. The van der Waals surface area contributed by atoms with E-state index in [0.717, 1.165) is 18.5 Å². The van der Waals surface area contributed by atoms with Crippen LogP contribution in [0.25, 0.3) is 10.6 Å². The summed E-state index contributed by atoms with van der Waals surface area (Å²) in [5, 5.41) is 5.70. The predicted molar refractivity (Wildman–Crippen MR) is 90.8 cm³/mol. The molecule has 1 fully saturated rings. The lowest BCUT2D eigenvalue weighted by Gasteiger charge is -2.22. The molecule has 1 heterocycles. The van der Waals surface area contributed by atoms with Crippen molar-refractivity contribution in [1.29, 1.82) is 0 Å². The molecule has 0 spiro atoms. The monoisotopic (exact) mass is 332 g/mol. The van der Waals surface area contributed by atoms with Gasteiger partial charge in [-0.3, -0.25) is 4.79 Å². The van der Waals surface area contributed by atoms with E-state index in [9.17, 15) is 9.18 Å². The van der Waals surface area contributed by atoms with Crippen LogP contribution in [0.15, 0.2) is 29.6 Å². The zero-order valence-electron chi connectivity index (χ0n) is 13.1. The topological polar surface area (TPSA) is 42.0 Å². The van der Waals surface area contributed by atoms with Gasteiger partial charge in [0.2, 0.25) is 5.91 Å². The fraction of sp³-hybridized carbons (Fsp3) is 0.444. The molecule has 1 N–H and O–H groups in total. The summed E-state index contributed by atoms with van der Waals surface area (Å²) in [7, 11) is 0. The van der Waals surface area contributed by atoms with Gasteiger partial charge in [0.1, 0.15) is 10.8 Å². The van der Waals surface area contributed by atoms with E-state index in [1.165, 1.54) is 36.7 Å².